The zero-order valence-electron chi connectivity index (χ0n) is 32.5. The van der Waals surface area contributed by atoms with Crippen LogP contribution >= 0.6 is 0 Å². The number of carbonyl (C=O) groups is 6. The molecular formula is C41H66N4O6. The summed E-state index contributed by atoms with van der Waals surface area (Å²) in [7, 11) is 0. The number of primary amides is 1. The molecule has 1 saturated heterocycles. The Hall–Kier alpha value is -2.62. The Morgan fingerprint density at radius 1 is 0.843 bits per heavy atom. The van der Waals surface area contributed by atoms with Gasteiger partial charge in [0.1, 0.15) is 0 Å². The Morgan fingerprint density at radius 2 is 1.47 bits per heavy atom. The minimum absolute atomic E-state index is 0.00248. The number of hydrogen-bond acceptors (Lipinski definition) is 7. The quantitative estimate of drug-likeness (QED) is 0.191. The van der Waals surface area contributed by atoms with Crippen LogP contribution in [0.2, 0.25) is 0 Å². The van der Waals surface area contributed by atoms with E-state index >= 15 is 4.79 Å². The van der Waals surface area contributed by atoms with Crippen LogP contribution in [0.1, 0.15) is 151 Å². The number of nitrogens with two attached hydrogens (primary N) is 2. The van der Waals surface area contributed by atoms with Gasteiger partial charge in [-0.25, -0.2) is 0 Å². The third-order valence-corrected chi connectivity index (χ3v) is 14.5. The van der Waals surface area contributed by atoms with E-state index in [2.05, 4.69) is 19.2 Å². The summed E-state index contributed by atoms with van der Waals surface area (Å²) in [6, 6.07) is -1.44. The fraction of sp³-hybridized carbons (Fsp3) is 0.854. The monoisotopic (exact) mass is 710 g/mol. The molecule has 0 aromatic heterocycles. The maximum Gasteiger partial charge on any atom is 0.285 e. The molecule has 51 heavy (non-hydrogen) atoms. The first-order valence-corrected chi connectivity index (χ1v) is 19.9. The van der Waals surface area contributed by atoms with Crippen molar-refractivity contribution in [1.29, 1.82) is 0 Å². The van der Waals surface area contributed by atoms with Gasteiger partial charge >= 0.3 is 0 Å². The van der Waals surface area contributed by atoms with Crippen LogP contribution in [0.4, 0.5) is 0 Å². The van der Waals surface area contributed by atoms with E-state index in [0.29, 0.717) is 25.3 Å². The molecule has 1 aliphatic heterocycles. The van der Waals surface area contributed by atoms with Crippen LogP contribution in [0.5, 0.6) is 0 Å². The Bertz CT molecular complexity index is 1390. The van der Waals surface area contributed by atoms with E-state index in [0.717, 1.165) is 70.6 Å². The molecule has 1 heterocycles. The van der Waals surface area contributed by atoms with Crippen LogP contribution in [0.3, 0.4) is 0 Å². The third-order valence-electron chi connectivity index (χ3n) is 14.5. The number of likely N-dealkylation sites (tertiary alicyclic amines) is 1. The average molecular weight is 711 g/mol. The Balaban J connectivity index is 1.43. The van der Waals surface area contributed by atoms with Crippen LogP contribution in [0.25, 0.3) is 0 Å². The molecule has 4 saturated carbocycles. The highest BCUT2D eigenvalue weighted by molar-refractivity contribution is 6.36. The molecule has 0 bridgehead atoms. The molecule has 10 heteroatoms. The number of hydrogen-bond donors (Lipinski definition) is 3. The molecule has 5 rings (SSSR count). The summed E-state index contributed by atoms with van der Waals surface area (Å²) in [5, 5.41) is 3.04. The summed E-state index contributed by atoms with van der Waals surface area (Å²) in [4.78, 5) is 83.9. The molecular weight excluding hydrogens is 644 g/mol. The first kappa shape index (κ1) is 39.6. The lowest BCUT2D eigenvalue weighted by atomic mass is 9.73. The third kappa shape index (κ3) is 7.59. The van der Waals surface area contributed by atoms with Gasteiger partial charge in [0.05, 0.1) is 12.1 Å². The number of nitrogens with one attached hydrogen (secondary N) is 1. The summed E-state index contributed by atoms with van der Waals surface area (Å²) in [6.07, 6.45) is 12.0. The van der Waals surface area contributed by atoms with Crippen molar-refractivity contribution in [2.24, 2.45) is 56.8 Å². The average Bonchev–Trinajstić information content (AvgIpc) is 3.20. The van der Waals surface area contributed by atoms with Gasteiger partial charge in [0.2, 0.25) is 17.6 Å². The molecule has 0 aromatic rings. The summed E-state index contributed by atoms with van der Waals surface area (Å²) in [5.41, 5.74) is 10.1. The zero-order valence-corrected chi connectivity index (χ0v) is 32.5. The van der Waals surface area contributed by atoms with Gasteiger partial charge in [-0.2, -0.15) is 0 Å². The van der Waals surface area contributed by atoms with E-state index in [1.807, 2.05) is 20.8 Å². The topological polar surface area (TPSA) is 170 Å². The molecule has 0 radical (unpaired) electrons. The molecule has 5 fully saturated rings. The number of rotatable bonds is 15. The van der Waals surface area contributed by atoms with E-state index in [-0.39, 0.29) is 64.8 Å². The van der Waals surface area contributed by atoms with Crippen LogP contribution in [-0.4, -0.2) is 64.1 Å². The Kier molecular flexibility index (Phi) is 11.1. The predicted octanol–water partition coefficient (Wildman–Crippen LogP) is 5.42. The van der Waals surface area contributed by atoms with Crippen LogP contribution in [-0.2, 0) is 28.8 Å². The summed E-state index contributed by atoms with van der Waals surface area (Å²) < 4.78 is 0. The summed E-state index contributed by atoms with van der Waals surface area (Å²) in [5.74, 6) is -3.73. The van der Waals surface area contributed by atoms with Gasteiger partial charge in [-0.05, 0) is 80.5 Å². The number of amides is 3. The molecule has 5 atom stereocenters. The molecule has 1 unspecified atom stereocenters. The van der Waals surface area contributed by atoms with Crippen molar-refractivity contribution in [3.63, 3.8) is 0 Å². The molecule has 10 nitrogen and oxygen atoms in total. The lowest BCUT2D eigenvalue weighted by Crippen LogP contribution is -2.52. The molecule has 286 valence electrons. The number of nitrogens with zero attached hydrogens (tertiary/aromatic N) is 1. The summed E-state index contributed by atoms with van der Waals surface area (Å²) >= 11 is 0. The highest BCUT2D eigenvalue weighted by Gasteiger charge is 2.85. The highest BCUT2D eigenvalue weighted by atomic mass is 16.2. The molecule has 5 aliphatic rings. The fourth-order valence-electron chi connectivity index (χ4n) is 11.0. The number of Topliss-reactive ketones (excluding diaryl/α,β-unsaturated/α-hetero) is 3. The maximum atomic E-state index is 15.0. The normalized spacial score (nSPS) is 27.6. The van der Waals surface area contributed by atoms with Crippen molar-refractivity contribution in [3.8, 4) is 0 Å². The van der Waals surface area contributed by atoms with Crippen molar-refractivity contribution in [3.05, 3.63) is 0 Å². The first-order chi connectivity index (χ1) is 23.6. The van der Waals surface area contributed by atoms with Crippen molar-refractivity contribution in [2.45, 2.75) is 169 Å². The maximum absolute atomic E-state index is 15.0. The van der Waals surface area contributed by atoms with Gasteiger partial charge < -0.3 is 21.7 Å². The second-order valence-corrected chi connectivity index (χ2v) is 19.7. The van der Waals surface area contributed by atoms with Gasteiger partial charge in [-0.1, -0.05) is 79.6 Å². The second-order valence-electron chi connectivity index (χ2n) is 19.7. The Morgan fingerprint density at radius 3 is 1.94 bits per heavy atom. The van der Waals surface area contributed by atoms with Gasteiger partial charge in [0, 0.05) is 48.6 Å². The van der Waals surface area contributed by atoms with Gasteiger partial charge in [0.25, 0.3) is 5.91 Å². The number of ketones is 3. The molecule has 0 aromatic carbocycles. The number of carbonyl (C=O) groups excluding carboxylic acids is 6. The minimum atomic E-state index is -1.01. The minimum Gasteiger partial charge on any atom is -0.363 e. The van der Waals surface area contributed by atoms with Crippen LogP contribution in [0.15, 0.2) is 0 Å². The van der Waals surface area contributed by atoms with E-state index in [4.69, 9.17) is 11.5 Å². The largest absolute Gasteiger partial charge is 0.363 e. The predicted molar refractivity (Wildman–Crippen MR) is 196 cm³/mol. The summed E-state index contributed by atoms with van der Waals surface area (Å²) in [6.45, 7) is 14.4. The van der Waals surface area contributed by atoms with E-state index < -0.39 is 46.6 Å². The standard InChI is InChI=1S/C41H66N4O6/c1-37(2,3)28(21-31(47)33(26-15-9-8-10-16-26)44-32(48)23-38(4,5)43)36(51)45-24-41(39(6,7)40(41)17-12-18-40)22-29(45)30(46)20-27(34(49)35(42)50)19-25-13-11-14-25/h25-29,33H,8-24,43H2,1-7H3,(H2,42,50)(H,44,48)/t27?,28-,29+,33+,41-/m1/s1. The molecule has 4 aliphatic carbocycles. The molecule has 3 amide bonds. The smallest absolute Gasteiger partial charge is 0.285 e. The van der Waals surface area contributed by atoms with Crippen molar-refractivity contribution >= 4 is 35.1 Å². The fourth-order valence-corrected chi connectivity index (χ4v) is 11.0. The molecule has 2 spiro atoms. The van der Waals surface area contributed by atoms with E-state index in [9.17, 15) is 24.0 Å². The lowest BCUT2D eigenvalue weighted by molar-refractivity contribution is -0.147. The van der Waals surface area contributed by atoms with Crippen molar-refractivity contribution in [1.82, 2.24) is 10.2 Å². The van der Waals surface area contributed by atoms with Crippen molar-refractivity contribution in [2.75, 3.05) is 6.54 Å². The van der Waals surface area contributed by atoms with Crippen LogP contribution in [0, 0.1) is 45.3 Å². The first-order valence-electron chi connectivity index (χ1n) is 19.9. The van der Waals surface area contributed by atoms with Gasteiger partial charge in [-0.15, -0.1) is 0 Å². The zero-order chi connectivity index (χ0) is 37.7. The van der Waals surface area contributed by atoms with E-state index in [1.165, 1.54) is 0 Å². The van der Waals surface area contributed by atoms with Gasteiger partial charge in [-0.3, -0.25) is 28.8 Å². The van der Waals surface area contributed by atoms with Crippen LogP contribution < -0.4 is 16.8 Å². The number of fused-ring (bicyclic) bond motifs is 1. The Labute approximate surface area is 305 Å². The highest BCUT2D eigenvalue weighted by Crippen LogP contribution is 2.88. The van der Waals surface area contributed by atoms with Crippen molar-refractivity contribution < 1.29 is 28.8 Å². The molecule has 5 N–H and O–H groups in total. The SMILES string of the molecule is CC(C)(N)CC(=O)N[C@H](C(=O)C[C@H](C(=O)N1C[C@]2(C[C@H]1C(=O)CC(CC1CCC1)C(=O)C(N)=O)C(C)(C)C21CCC1)C(C)(C)C)C1CCCCC1. The lowest BCUT2D eigenvalue weighted by Gasteiger charge is -2.37. The van der Waals surface area contributed by atoms with Gasteiger partial charge in [0.15, 0.2) is 11.6 Å². The van der Waals surface area contributed by atoms with E-state index in [1.54, 1.807) is 18.7 Å². The second kappa shape index (κ2) is 14.3.